The zero-order chi connectivity index (χ0) is 29.0. The molecule has 4 heterocycles. The summed E-state index contributed by atoms with van der Waals surface area (Å²) in [6, 6.07) is 6.12. The lowest BCUT2D eigenvalue weighted by atomic mass is 10.0. The number of nitrogens with one attached hydrogen (secondary N) is 2. The molecule has 14 heteroatoms. The molecule has 1 aliphatic heterocycles. The standard InChI is InChI=1S/C26H25ClF5N7O/c1-13-10-15(14(2)34-17-4-5-19(27)36-21(17)23(40)33-3)20-16(11-13)22-35-18(26(30,31)32)12-39(22)24(37-20)38-8-6-25(28,29)7-9-38/h4-5,10-12,14,34H,6-9H2,1-3H3,(H,33,40)/t14-/m1/s1. The number of aryl methyl sites for hydroxylation is 1. The van der Waals surface area contributed by atoms with E-state index >= 15 is 0 Å². The number of halogens is 6. The third-order valence-electron chi connectivity index (χ3n) is 6.87. The van der Waals surface area contributed by atoms with Crippen molar-refractivity contribution >= 4 is 45.7 Å². The molecule has 1 aromatic carbocycles. The maximum Gasteiger partial charge on any atom is 0.434 e. The molecule has 0 saturated carbocycles. The van der Waals surface area contributed by atoms with Gasteiger partial charge in [-0.3, -0.25) is 9.20 Å². The number of pyridine rings is 1. The second-order valence-corrected chi connectivity index (χ2v) is 10.2. The van der Waals surface area contributed by atoms with Crippen molar-refractivity contribution in [3.05, 3.63) is 58.1 Å². The number of benzene rings is 1. The first-order chi connectivity index (χ1) is 18.8. The molecule has 0 aliphatic carbocycles. The Bertz CT molecular complexity index is 1610. The Morgan fingerprint density at radius 1 is 1.12 bits per heavy atom. The van der Waals surface area contributed by atoms with Gasteiger partial charge >= 0.3 is 6.18 Å². The maximum absolute atomic E-state index is 13.9. The molecule has 1 saturated heterocycles. The van der Waals surface area contributed by atoms with Crippen LogP contribution in [0.25, 0.3) is 16.6 Å². The zero-order valence-corrected chi connectivity index (χ0v) is 22.5. The highest BCUT2D eigenvalue weighted by atomic mass is 35.5. The second kappa shape index (κ2) is 10.0. The summed E-state index contributed by atoms with van der Waals surface area (Å²) >= 11 is 6.00. The van der Waals surface area contributed by atoms with Crippen molar-refractivity contribution in [2.45, 2.75) is 44.8 Å². The Morgan fingerprint density at radius 2 is 1.82 bits per heavy atom. The minimum Gasteiger partial charge on any atom is -0.377 e. The molecule has 5 rings (SSSR count). The number of carbonyl (C=O) groups excluding carboxylic acids is 1. The highest BCUT2D eigenvalue weighted by Crippen LogP contribution is 2.37. The van der Waals surface area contributed by atoms with Gasteiger partial charge in [-0.25, -0.2) is 23.7 Å². The number of aromatic nitrogens is 4. The number of piperidine rings is 1. The van der Waals surface area contributed by atoms with E-state index in [9.17, 15) is 26.7 Å². The molecule has 1 atom stereocenters. The van der Waals surface area contributed by atoms with E-state index in [1.54, 1.807) is 30.9 Å². The molecular formula is C26H25ClF5N7O. The van der Waals surface area contributed by atoms with Gasteiger partial charge in [0.05, 0.1) is 17.2 Å². The molecule has 0 spiro atoms. The van der Waals surface area contributed by atoms with E-state index < -0.39 is 42.6 Å². The number of hydrogen-bond donors (Lipinski definition) is 2. The highest BCUT2D eigenvalue weighted by Gasteiger charge is 2.38. The Balaban J connectivity index is 1.68. The Morgan fingerprint density at radius 3 is 2.48 bits per heavy atom. The third-order valence-corrected chi connectivity index (χ3v) is 7.08. The minimum absolute atomic E-state index is 0.0148. The smallest absolute Gasteiger partial charge is 0.377 e. The van der Waals surface area contributed by atoms with Crippen molar-refractivity contribution in [2.75, 3.05) is 30.4 Å². The molecule has 0 bridgehead atoms. The summed E-state index contributed by atoms with van der Waals surface area (Å²) in [7, 11) is 1.46. The minimum atomic E-state index is -4.72. The number of fused-ring (bicyclic) bond motifs is 3. The first-order valence-corrected chi connectivity index (χ1v) is 12.8. The van der Waals surface area contributed by atoms with E-state index in [-0.39, 0.29) is 35.5 Å². The number of nitrogens with zero attached hydrogens (tertiary/aromatic N) is 5. The van der Waals surface area contributed by atoms with Crippen LogP contribution in [0.4, 0.5) is 33.6 Å². The van der Waals surface area contributed by atoms with Gasteiger partial charge in [-0.2, -0.15) is 13.2 Å². The number of hydrogen-bond acceptors (Lipinski definition) is 6. The predicted molar refractivity (Wildman–Crippen MR) is 141 cm³/mol. The molecule has 1 fully saturated rings. The summed E-state index contributed by atoms with van der Waals surface area (Å²) in [5.74, 6) is -3.22. The van der Waals surface area contributed by atoms with E-state index in [0.29, 0.717) is 22.2 Å². The largest absolute Gasteiger partial charge is 0.434 e. The number of amides is 1. The van der Waals surface area contributed by atoms with E-state index in [0.717, 1.165) is 11.8 Å². The summed E-state index contributed by atoms with van der Waals surface area (Å²) in [5, 5.41) is 6.23. The van der Waals surface area contributed by atoms with Crippen LogP contribution in [0.3, 0.4) is 0 Å². The van der Waals surface area contributed by atoms with Crippen LogP contribution >= 0.6 is 11.6 Å². The second-order valence-electron chi connectivity index (χ2n) is 9.80. The van der Waals surface area contributed by atoms with E-state index in [4.69, 9.17) is 16.6 Å². The van der Waals surface area contributed by atoms with Crippen molar-refractivity contribution in [1.29, 1.82) is 0 Å². The molecule has 8 nitrogen and oxygen atoms in total. The van der Waals surface area contributed by atoms with Crippen molar-refractivity contribution < 1.29 is 26.7 Å². The number of alkyl halides is 5. The number of rotatable bonds is 5. The molecule has 3 aromatic heterocycles. The van der Waals surface area contributed by atoms with Crippen molar-refractivity contribution in [3.63, 3.8) is 0 Å². The lowest BCUT2D eigenvalue weighted by Crippen LogP contribution is -2.40. The van der Waals surface area contributed by atoms with Gasteiger partial charge < -0.3 is 15.5 Å². The summed E-state index contributed by atoms with van der Waals surface area (Å²) in [6.07, 6.45) is -4.76. The van der Waals surface area contributed by atoms with Crippen molar-refractivity contribution in [1.82, 2.24) is 24.7 Å². The average Bonchev–Trinajstić information content (AvgIpc) is 3.35. The fourth-order valence-corrected chi connectivity index (χ4v) is 5.00. The average molecular weight is 582 g/mol. The summed E-state index contributed by atoms with van der Waals surface area (Å²) < 4.78 is 70.2. The molecule has 212 valence electrons. The van der Waals surface area contributed by atoms with Gasteiger partial charge in [0.25, 0.3) is 11.8 Å². The summed E-state index contributed by atoms with van der Waals surface area (Å²) in [4.78, 5) is 26.7. The van der Waals surface area contributed by atoms with Crippen molar-refractivity contribution in [2.24, 2.45) is 0 Å². The molecule has 1 amide bonds. The maximum atomic E-state index is 13.9. The van der Waals surface area contributed by atoms with E-state index in [1.807, 2.05) is 6.07 Å². The Kier molecular flexibility index (Phi) is 6.97. The van der Waals surface area contributed by atoms with Gasteiger partial charge in [-0.05, 0) is 37.6 Å². The summed E-state index contributed by atoms with van der Waals surface area (Å²) in [6.45, 7) is 3.43. The molecular weight excluding hydrogens is 557 g/mol. The lowest BCUT2D eigenvalue weighted by molar-refractivity contribution is -0.140. The van der Waals surface area contributed by atoms with Crippen LogP contribution < -0.4 is 15.5 Å². The normalized spacial score (nSPS) is 16.4. The van der Waals surface area contributed by atoms with Crippen LogP contribution in [-0.2, 0) is 6.18 Å². The Hall–Kier alpha value is -3.74. The topological polar surface area (TPSA) is 87.4 Å². The van der Waals surface area contributed by atoms with Gasteiger partial charge in [0.2, 0.25) is 5.95 Å². The van der Waals surface area contributed by atoms with Gasteiger partial charge in [0, 0.05) is 50.1 Å². The van der Waals surface area contributed by atoms with Crippen LogP contribution in [0.2, 0.25) is 5.15 Å². The van der Waals surface area contributed by atoms with Gasteiger partial charge in [0.15, 0.2) is 11.4 Å². The predicted octanol–water partition coefficient (Wildman–Crippen LogP) is 6.03. The summed E-state index contributed by atoms with van der Waals surface area (Å²) in [5.41, 5.74) is 1.05. The number of imidazole rings is 1. The van der Waals surface area contributed by atoms with Crippen LogP contribution in [0.1, 0.15) is 53.1 Å². The van der Waals surface area contributed by atoms with Crippen molar-refractivity contribution in [3.8, 4) is 0 Å². The third kappa shape index (κ3) is 5.21. The molecule has 4 aromatic rings. The first-order valence-electron chi connectivity index (χ1n) is 12.5. The quantitative estimate of drug-likeness (QED) is 0.221. The van der Waals surface area contributed by atoms with Gasteiger partial charge in [-0.1, -0.05) is 17.7 Å². The molecule has 2 N–H and O–H groups in total. The van der Waals surface area contributed by atoms with E-state index in [1.165, 1.54) is 17.5 Å². The molecule has 40 heavy (non-hydrogen) atoms. The van der Waals surface area contributed by atoms with Crippen LogP contribution in [-0.4, -0.2) is 51.3 Å². The molecule has 0 radical (unpaired) electrons. The number of carbonyl (C=O) groups is 1. The fourth-order valence-electron chi connectivity index (χ4n) is 4.86. The first kappa shape index (κ1) is 27.8. The van der Waals surface area contributed by atoms with Crippen LogP contribution in [0.15, 0.2) is 30.5 Å². The van der Waals surface area contributed by atoms with Gasteiger partial charge in [0.1, 0.15) is 10.8 Å². The fraction of sp³-hybridized carbons (Fsp3) is 0.385. The Labute approximate surface area is 230 Å². The van der Waals surface area contributed by atoms with Gasteiger partial charge in [-0.15, -0.1) is 0 Å². The van der Waals surface area contributed by atoms with E-state index in [2.05, 4.69) is 20.6 Å². The zero-order valence-electron chi connectivity index (χ0n) is 21.7. The molecule has 1 aliphatic rings. The lowest BCUT2D eigenvalue weighted by Gasteiger charge is -2.33. The molecule has 0 unspecified atom stereocenters. The van der Waals surface area contributed by atoms with Crippen LogP contribution in [0.5, 0.6) is 0 Å². The number of anilines is 2. The van der Waals surface area contributed by atoms with Crippen LogP contribution in [0, 0.1) is 6.92 Å². The monoisotopic (exact) mass is 581 g/mol. The SMILES string of the molecule is CNC(=O)c1nc(Cl)ccc1N[C@H](C)c1cc(C)cc2c1nc(N1CCC(F)(F)CC1)n1cc(C(F)(F)F)nc21. The highest BCUT2D eigenvalue weighted by molar-refractivity contribution is 6.29.